The van der Waals surface area contributed by atoms with Gasteiger partial charge in [0.25, 0.3) is 0 Å². The van der Waals surface area contributed by atoms with Crippen molar-refractivity contribution in [3.05, 3.63) is 29.8 Å². The van der Waals surface area contributed by atoms with Gasteiger partial charge in [-0.2, -0.15) is 4.89 Å². The van der Waals surface area contributed by atoms with Crippen LogP contribution in [0.1, 0.15) is 18.4 Å². The molecule has 0 bridgehead atoms. The Kier molecular flexibility index (Phi) is 5.08. The molecule has 1 unspecified atom stereocenters. The smallest absolute Gasteiger partial charge is 0.168 e. The number of benzene rings is 1. The van der Waals surface area contributed by atoms with E-state index in [1.807, 2.05) is 12.1 Å². The molecule has 3 rings (SSSR count). The maximum absolute atomic E-state index is 5.57. The van der Waals surface area contributed by atoms with Crippen molar-refractivity contribution >= 4 is 0 Å². The number of rotatable bonds is 5. The third-order valence-corrected chi connectivity index (χ3v) is 4.36. The zero-order valence-corrected chi connectivity index (χ0v) is 12.5. The van der Waals surface area contributed by atoms with Gasteiger partial charge in [0, 0.05) is 38.2 Å². The Balaban J connectivity index is 1.47. The molecule has 1 aromatic rings. The van der Waals surface area contributed by atoms with Crippen LogP contribution in [-0.4, -0.2) is 55.3 Å². The van der Waals surface area contributed by atoms with Gasteiger partial charge in [0.05, 0.1) is 0 Å². The van der Waals surface area contributed by atoms with E-state index in [0.29, 0.717) is 0 Å². The zero-order chi connectivity index (χ0) is 14.5. The van der Waals surface area contributed by atoms with Crippen molar-refractivity contribution in [1.29, 1.82) is 0 Å². The maximum atomic E-state index is 5.57. The van der Waals surface area contributed by atoms with Gasteiger partial charge in [0.15, 0.2) is 12.0 Å². The van der Waals surface area contributed by atoms with E-state index in [0.717, 1.165) is 57.9 Å². The maximum Gasteiger partial charge on any atom is 0.168 e. The molecule has 2 aliphatic rings. The van der Waals surface area contributed by atoms with Crippen LogP contribution in [0.25, 0.3) is 0 Å². The number of hydrogen-bond acceptors (Lipinski definition) is 5. The van der Waals surface area contributed by atoms with E-state index in [1.165, 1.54) is 12.0 Å². The van der Waals surface area contributed by atoms with Crippen molar-refractivity contribution in [3.63, 3.8) is 0 Å². The fourth-order valence-electron chi connectivity index (χ4n) is 3.03. The van der Waals surface area contributed by atoms with Crippen molar-refractivity contribution in [3.8, 4) is 5.75 Å². The van der Waals surface area contributed by atoms with Crippen molar-refractivity contribution < 1.29 is 9.78 Å². The number of fused-ring (bicyclic) bond motifs is 1. The molecule has 0 amide bonds. The molecule has 1 fully saturated rings. The second kappa shape index (κ2) is 7.22. The predicted molar refractivity (Wildman–Crippen MR) is 81.9 cm³/mol. The molecule has 5 nitrogen and oxygen atoms in total. The van der Waals surface area contributed by atoms with Gasteiger partial charge in [0.2, 0.25) is 0 Å². The minimum atomic E-state index is 0.0473. The molecule has 2 heterocycles. The molecular formula is C16H25N3O2. The molecule has 21 heavy (non-hydrogen) atoms. The summed E-state index contributed by atoms with van der Waals surface area (Å²) in [5.41, 5.74) is 6.78. The van der Waals surface area contributed by atoms with E-state index < -0.39 is 0 Å². The largest absolute Gasteiger partial charge is 0.336 e. The van der Waals surface area contributed by atoms with E-state index >= 15 is 0 Å². The highest BCUT2D eigenvalue weighted by Gasteiger charge is 2.29. The van der Waals surface area contributed by atoms with Crippen LogP contribution in [0.3, 0.4) is 0 Å². The second-order valence-corrected chi connectivity index (χ2v) is 5.82. The van der Waals surface area contributed by atoms with Gasteiger partial charge in [-0.1, -0.05) is 18.2 Å². The summed E-state index contributed by atoms with van der Waals surface area (Å²) in [6, 6.07) is 8.11. The molecule has 5 heteroatoms. The van der Waals surface area contributed by atoms with Crippen molar-refractivity contribution in [2.75, 3.05) is 39.3 Å². The molecule has 0 aromatic heterocycles. The molecule has 116 valence electrons. The van der Waals surface area contributed by atoms with Gasteiger partial charge in [-0.3, -0.25) is 4.90 Å². The molecule has 0 spiro atoms. The van der Waals surface area contributed by atoms with E-state index in [4.69, 9.17) is 15.5 Å². The SMILES string of the molecule is NCCCCN1CCN(C2Cc3ccccc3OO2)CC1. The normalized spacial score (nSPS) is 23.6. The van der Waals surface area contributed by atoms with E-state index in [1.54, 1.807) is 0 Å². The lowest BCUT2D eigenvalue weighted by Gasteiger charge is -2.39. The Labute approximate surface area is 126 Å². The monoisotopic (exact) mass is 291 g/mol. The van der Waals surface area contributed by atoms with Crippen LogP contribution in [0.15, 0.2) is 24.3 Å². The van der Waals surface area contributed by atoms with E-state index in [2.05, 4.69) is 21.9 Å². The lowest BCUT2D eigenvalue weighted by molar-refractivity contribution is -0.294. The Hall–Kier alpha value is -1.14. The van der Waals surface area contributed by atoms with Gasteiger partial charge in [0.1, 0.15) is 0 Å². The van der Waals surface area contributed by atoms with Gasteiger partial charge >= 0.3 is 0 Å². The molecule has 1 atom stereocenters. The summed E-state index contributed by atoms with van der Waals surface area (Å²) in [6.07, 6.45) is 3.28. The van der Waals surface area contributed by atoms with Crippen LogP contribution in [0.2, 0.25) is 0 Å². The summed E-state index contributed by atoms with van der Waals surface area (Å²) >= 11 is 0. The van der Waals surface area contributed by atoms with Gasteiger partial charge < -0.3 is 15.5 Å². The topological polar surface area (TPSA) is 51.0 Å². The molecule has 2 N–H and O–H groups in total. The lowest BCUT2D eigenvalue weighted by Crippen LogP contribution is -2.52. The molecule has 0 radical (unpaired) electrons. The highest BCUT2D eigenvalue weighted by molar-refractivity contribution is 5.34. The number of para-hydroxylation sites is 1. The quantitative estimate of drug-likeness (QED) is 0.653. The first-order valence-electron chi connectivity index (χ1n) is 7.94. The first-order chi connectivity index (χ1) is 10.4. The van der Waals surface area contributed by atoms with Crippen LogP contribution in [0.5, 0.6) is 5.75 Å². The number of nitrogens with two attached hydrogens (primary N) is 1. The molecule has 2 aliphatic heterocycles. The highest BCUT2D eigenvalue weighted by atomic mass is 17.2. The van der Waals surface area contributed by atoms with Gasteiger partial charge in [-0.25, -0.2) is 0 Å². The summed E-state index contributed by atoms with van der Waals surface area (Å²) in [5.74, 6) is 0.856. The molecular weight excluding hydrogens is 266 g/mol. The number of unbranched alkanes of at least 4 members (excludes halogenated alkanes) is 1. The Morgan fingerprint density at radius 3 is 2.71 bits per heavy atom. The lowest BCUT2D eigenvalue weighted by atomic mass is 10.1. The summed E-state index contributed by atoms with van der Waals surface area (Å²) < 4.78 is 0. The van der Waals surface area contributed by atoms with Crippen LogP contribution < -0.4 is 10.6 Å². The highest BCUT2D eigenvalue weighted by Crippen LogP contribution is 2.27. The van der Waals surface area contributed by atoms with E-state index in [-0.39, 0.29) is 6.23 Å². The van der Waals surface area contributed by atoms with E-state index in [9.17, 15) is 0 Å². The number of piperazine rings is 1. The predicted octanol–water partition coefficient (Wildman–Crippen LogP) is 1.24. The van der Waals surface area contributed by atoms with Crippen molar-refractivity contribution in [2.45, 2.75) is 25.5 Å². The third-order valence-electron chi connectivity index (χ3n) is 4.36. The average molecular weight is 291 g/mol. The zero-order valence-electron chi connectivity index (χ0n) is 12.5. The Morgan fingerprint density at radius 2 is 1.90 bits per heavy atom. The Morgan fingerprint density at radius 1 is 1.10 bits per heavy atom. The first kappa shape index (κ1) is 14.8. The van der Waals surface area contributed by atoms with Gasteiger partial charge in [-0.15, -0.1) is 0 Å². The van der Waals surface area contributed by atoms with Crippen molar-refractivity contribution in [2.24, 2.45) is 5.73 Å². The van der Waals surface area contributed by atoms with Crippen LogP contribution >= 0.6 is 0 Å². The molecule has 0 aliphatic carbocycles. The fraction of sp³-hybridized carbons (Fsp3) is 0.625. The minimum Gasteiger partial charge on any atom is -0.336 e. The number of hydrogen-bond donors (Lipinski definition) is 1. The average Bonchev–Trinajstić information content (AvgIpc) is 2.55. The number of nitrogens with zero attached hydrogens (tertiary/aromatic N) is 2. The van der Waals surface area contributed by atoms with Crippen LogP contribution in [0.4, 0.5) is 0 Å². The third kappa shape index (κ3) is 3.74. The fourth-order valence-corrected chi connectivity index (χ4v) is 3.03. The minimum absolute atomic E-state index is 0.0473. The first-order valence-corrected chi connectivity index (χ1v) is 7.94. The summed E-state index contributed by atoms with van der Waals surface area (Å²) in [5, 5.41) is 0. The van der Waals surface area contributed by atoms with Crippen LogP contribution in [0, 0.1) is 0 Å². The summed E-state index contributed by atoms with van der Waals surface area (Å²) in [6.45, 7) is 6.25. The summed E-state index contributed by atoms with van der Waals surface area (Å²) in [7, 11) is 0. The second-order valence-electron chi connectivity index (χ2n) is 5.82. The molecule has 1 saturated heterocycles. The van der Waals surface area contributed by atoms with Crippen LogP contribution in [-0.2, 0) is 11.3 Å². The molecule has 0 saturated carbocycles. The van der Waals surface area contributed by atoms with Gasteiger partial charge in [-0.05, 0) is 32.0 Å². The molecule has 1 aromatic carbocycles. The standard InChI is InChI=1S/C16H25N3O2/c17-7-3-4-8-18-9-11-19(12-10-18)16-13-14-5-1-2-6-15(14)20-21-16/h1-2,5-6,16H,3-4,7-13,17H2. The summed E-state index contributed by atoms with van der Waals surface area (Å²) in [4.78, 5) is 15.9. The Bertz CT molecular complexity index is 447. The van der Waals surface area contributed by atoms with Crippen molar-refractivity contribution in [1.82, 2.24) is 9.80 Å².